The molecule has 0 aliphatic heterocycles. The molecule has 2 nitrogen and oxygen atoms in total. The molecule has 12 rings (SSSR count). The second kappa shape index (κ2) is 18.2. The van der Waals surface area contributed by atoms with E-state index in [1.165, 1.54) is 92.5 Å². The molecule has 0 aliphatic carbocycles. The van der Waals surface area contributed by atoms with Gasteiger partial charge in [-0.05, 0) is 198 Å². The average molecular weight is 909 g/mol. The van der Waals surface area contributed by atoms with E-state index in [1.54, 1.807) is 0 Å². The van der Waals surface area contributed by atoms with Crippen molar-refractivity contribution < 1.29 is 0 Å². The van der Waals surface area contributed by atoms with Gasteiger partial charge in [-0.3, -0.25) is 0 Å². The van der Waals surface area contributed by atoms with Crippen LogP contribution in [0.5, 0.6) is 0 Å². The molecule has 12 aromatic rings. The van der Waals surface area contributed by atoms with Crippen molar-refractivity contribution in [3.8, 4) is 22.3 Å². The second-order valence-electron chi connectivity index (χ2n) is 18.8. The second-order valence-corrected chi connectivity index (χ2v) is 18.8. The maximum atomic E-state index is 4.36. The van der Waals surface area contributed by atoms with Crippen LogP contribution in [0.25, 0.3) is 86.9 Å². The van der Waals surface area contributed by atoms with Crippen molar-refractivity contribution in [2.75, 3.05) is 9.80 Å². The molecule has 0 fully saturated rings. The SMILES string of the molecule is C=C(C)/C=C(\C=C/C)N(c1ccc2ccccc2c1)c1ccc2c(-c3ccc4ccccc4c3)c3cc(N(c4cccc(C)c4)c4ccc5ccccc5c4)ccc3c(-c3ccc4ccccc4c3)c2c1. The number of anilines is 5. The fourth-order valence-electron chi connectivity index (χ4n) is 10.7. The lowest BCUT2D eigenvalue weighted by Gasteiger charge is -2.29. The molecule has 0 saturated carbocycles. The van der Waals surface area contributed by atoms with Crippen molar-refractivity contribution in [1.29, 1.82) is 0 Å². The minimum Gasteiger partial charge on any atom is -0.310 e. The molecule has 0 amide bonds. The van der Waals surface area contributed by atoms with Gasteiger partial charge in [0.15, 0.2) is 0 Å². The highest BCUT2D eigenvalue weighted by Gasteiger charge is 2.23. The summed E-state index contributed by atoms with van der Waals surface area (Å²) in [6, 6.07) is 85.2. The number of hydrogen-bond donors (Lipinski definition) is 0. The number of allylic oxidation sites excluding steroid dienone is 4. The first kappa shape index (κ1) is 43.3. The van der Waals surface area contributed by atoms with Crippen LogP contribution >= 0.6 is 0 Å². The molecular weight excluding hydrogens is 857 g/mol. The summed E-state index contributed by atoms with van der Waals surface area (Å²) in [6.45, 7) is 10.7. The largest absolute Gasteiger partial charge is 0.310 e. The zero-order valence-corrected chi connectivity index (χ0v) is 40.3. The van der Waals surface area contributed by atoms with Crippen LogP contribution in [0.3, 0.4) is 0 Å². The summed E-state index contributed by atoms with van der Waals surface area (Å²) < 4.78 is 0. The molecule has 0 radical (unpaired) electrons. The predicted molar refractivity (Wildman–Crippen MR) is 308 cm³/mol. The zero-order chi connectivity index (χ0) is 48.0. The Kier molecular flexibility index (Phi) is 11.1. The van der Waals surface area contributed by atoms with Crippen molar-refractivity contribution in [3.63, 3.8) is 0 Å². The van der Waals surface area contributed by atoms with Crippen LogP contribution in [0, 0.1) is 6.92 Å². The molecule has 2 heteroatoms. The van der Waals surface area contributed by atoms with Crippen molar-refractivity contribution in [1.82, 2.24) is 0 Å². The quantitative estimate of drug-likeness (QED) is 0.0996. The molecule has 0 aliphatic rings. The number of nitrogens with zero attached hydrogens (tertiary/aromatic N) is 2. The van der Waals surface area contributed by atoms with Gasteiger partial charge in [0.05, 0.1) is 0 Å². The number of hydrogen-bond acceptors (Lipinski definition) is 2. The molecule has 0 N–H and O–H groups in total. The monoisotopic (exact) mass is 908 g/mol. The summed E-state index contributed by atoms with van der Waals surface area (Å²) >= 11 is 0. The Hall–Kier alpha value is -8.98. The van der Waals surface area contributed by atoms with Crippen molar-refractivity contribution in [2.24, 2.45) is 0 Å². The van der Waals surface area contributed by atoms with E-state index in [9.17, 15) is 0 Å². The Morgan fingerprint density at radius 3 is 1.31 bits per heavy atom. The summed E-state index contributed by atoms with van der Waals surface area (Å²) in [7, 11) is 0. The Labute approximate surface area is 416 Å². The first-order valence-corrected chi connectivity index (χ1v) is 24.5. The van der Waals surface area contributed by atoms with Gasteiger partial charge in [-0.2, -0.15) is 0 Å². The van der Waals surface area contributed by atoms with Crippen LogP contribution in [0.4, 0.5) is 28.4 Å². The summed E-state index contributed by atoms with van der Waals surface area (Å²) in [4.78, 5) is 4.81. The molecule has 0 unspecified atom stereocenters. The first-order chi connectivity index (χ1) is 34.9. The highest BCUT2D eigenvalue weighted by molar-refractivity contribution is 6.23. The Bertz CT molecular complexity index is 4130. The van der Waals surface area contributed by atoms with Gasteiger partial charge in [-0.25, -0.2) is 0 Å². The minimum absolute atomic E-state index is 0.977. The number of aryl methyl sites for hydroxylation is 1. The van der Waals surface area contributed by atoms with E-state index in [2.05, 4.69) is 286 Å². The predicted octanol–water partition coefficient (Wildman–Crippen LogP) is 19.9. The van der Waals surface area contributed by atoms with Gasteiger partial charge < -0.3 is 9.80 Å². The Balaban J connectivity index is 1.20. The van der Waals surface area contributed by atoms with E-state index in [1.807, 2.05) is 0 Å². The van der Waals surface area contributed by atoms with E-state index >= 15 is 0 Å². The fourth-order valence-corrected chi connectivity index (χ4v) is 10.7. The standard InChI is InChI=1S/C69H52N2/c1-5-15-58(38-46(2)3)70(60-32-30-50-19-8-12-23-54(50)42-60)62-34-36-64-66(44-62)68(56-28-26-48-17-6-10-21-52(48)40-56)65-37-35-63(45-67(65)69(64)57-29-27-49-18-7-11-22-53(49)41-57)71(59-25-14-16-47(4)39-59)61-33-31-51-20-9-13-24-55(51)43-61/h5-45H,2H2,1,3-4H3/b15-5-,58-38+. The van der Waals surface area contributed by atoms with Gasteiger partial charge in [0.2, 0.25) is 0 Å². The van der Waals surface area contributed by atoms with E-state index in [0.717, 1.165) is 39.7 Å². The van der Waals surface area contributed by atoms with Crippen molar-refractivity contribution in [3.05, 3.63) is 272 Å². The van der Waals surface area contributed by atoms with Crippen LogP contribution in [0.1, 0.15) is 19.4 Å². The summed E-state index contributed by atoms with van der Waals surface area (Å²) in [5, 5.41) is 14.4. The number of rotatable bonds is 10. The van der Waals surface area contributed by atoms with Crippen molar-refractivity contribution in [2.45, 2.75) is 20.8 Å². The molecule has 0 bridgehead atoms. The van der Waals surface area contributed by atoms with Gasteiger partial charge >= 0.3 is 0 Å². The fraction of sp³-hybridized carbons (Fsp3) is 0.0435. The maximum Gasteiger partial charge on any atom is 0.0468 e. The zero-order valence-electron chi connectivity index (χ0n) is 40.3. The van der Waals surface area contributed by atoms with Gasteiger partial charge in [-0.1, -0.05) is 176 Å². The Morgan fingerprint density at radius 2 is 0.789 bits per heavy atom. The van der Waals surface area contributed by atoms with Crippen LogP contribution < -0.4 is 9.80 Å². The minimum atomic E-state index is 0.977. The third-order valence-corrected chi connectivity index (χ3v) is 13.9. The summed E-state index contributed by atoms with van der Waals surface area (Å²) in [6.07, 6.45) is 6.49. The van der Waals surface area contributed by atoms with Crippen molar-refractivity contribution >= 4 is 93.1 Å². The average Bonchev–Trinajstić information content (AvgIpc) is 3.40. The molecule has 12 aromatic carbocycles. The maximum absolute atomic E-state index is 4.36. The Morgan fingerprint density at radius 1 is 0.380 bits per heavy atom. The topological polar surface area (TPSA) is 6.48 Å². The van der Waals surface area contributed by atoms with E-state index in [4.69, 9.17) is 0 Å². The molecule has 0 heterocycles. The van der Waals surface area contributed by atoms with E-state index in [0.29, 0.717) is 0 Å². The van der Waals surface area contributed by atoms with Gasteiger partial charge in [0.1, 0.15) is 0 Å². The first-order valence-electron chi connectivity index (χ1n) is 24.5. The summed E-state index contributed by atoms with van der Waals surface area (Å²) in [5.74, 6) is 0. The van der Waals surface area contributed by atoms with E-state index < -0.39 is 0 Å². The van der Waals surface area contributed by atoms with Crippen LogP contribution in [0.15, 0.2) is 267 Å². The van der Waals surface area contributed by atoms with Crippen LogP contribution in [0.2, 0.25) is 0 Å². The molecular formula is C69H52N2. The van der Waals surface area contributed by atoms with Gasteiger partial charge in [0.25, 0.3) is 0 Å². The lowest BCUT2D eigenvalue weighted by Crippen LogP contribution is -2.15. The van der Waals surface area contributed by atoms with E-state index in [-0.39, 0.29) is 0 Å². The van der Waals surface area contributed by atoms with Gasteiger partial charge in [0, 0.05) is 34.1 Å². The van der Waals surface area contributed by atoms with Crippen LogP contribution in [-0.4, -0.2) is 0 Å². The third kappa shape index (κ3) is 8.10. The highest BCUT2D eigenvalue weighted by atomic mass is 15.1. The smallest absolute Gasteiger partial charge is 0.0468 e. The molecule has 0 spiro atoms. The number of benzene rings is 12. The summed E-state index contributed by atoms with van der Waals surface area (Å²) in [5.41, 5.74) is 13.4. The molecule has 0 aromatic heterocycles. The molecule has 71 heavy (non-hydrogen) atoms. The molecule has 0 saturated heterocycles. The lowest BCUT2D eigenvalue weighted by molar-refractivity contribution is 1.20. The molecule has 338 valence electrons. The molecule has 0 atom stereocenters. The van der Waals surface area contributed by atoms with Crippen LogP contribution in [-0.2, 0) is 0 Å². The van der Waals surface area contributed by atoms with Gasteiger partial charge in [-0.15, -0.1) is 0 Å². The normalized spacial score (nSPS) is 12.0. The third-order valence-electron chi connectivity index (χ3n) is 13.9. The highest BCUT2D eigenvalue weighted by Crippen LogP contribution is 2.49. The number of fused-ring (bicyclic) bond motifs is 6. The lowest BCUT2D eigenvalue weighted by atomic mass is 9.84.